The van der Waals surface area contributed by atoms with E-state index in [1.54, 1.807) is 12.4 Å². The molecule has 34 heavy (non-hydrogen) atoms. The van der Waals surface area contributed by atoms with Crippen LogP contribution in [0.1, 0.15) is 75.1 Å². The molecule has 1 N–H and O–H groups in total. The van der Waals surface area contributed by atoms with E-state index in [4.69, 9.17) is 0 Å². The molecular weight excluding hydrogens is 444 g/mol. The number of nitrogens with zero attached hydrogens (tertiary/aromatic N) is 5. The van der Waals surface area contributed by atoms with E-state index < -0.39 is 6.04 Å². The maximum atomic E-state index is 13.8. The van der Waals surface area contributed by atoms with Crippen molar-refractivity contribution in [3.8, 4) is 6.07 Å². The molecule has 2 aromatic heterocycles. The molecule has 0 radical (unpaired) electrons. The number of anilines is 2. The summed E-state index contributed by atoms with van der Waals surface area (Å²) in [5, 5.41) is 12.9. The third-order valence-electron chi connectivity index (χ3n) is 6.20. The maximum absolute atomic E-state index is 13.8. The number of carbonyl (C=O) groups is 1. The van der Waals surface area contributed by atoms with E-state index in [-0.39, 0.29) is 22.4 Å². The van der Waals surface area contributed by atoms with Crippen LogP contribution in [0.3, 0.4) is 0 Å². The molecule has 0 spiro atoms. The second kappa shape index (κ2) is 10.3. The summed E-state index contributed by atoms with van der Waals surface area (Å²) in [4.78, 5) is 24.3. The first-order valence-corrected chi connectivity index (χ1v) is 12.5. The van der Waals surface area contributed by atoms with Gasteiger partial charge in [0.1, 0.15) is 12.1 Å². The predicted octanol–water partition coefficient (Wildman–Crippen LogP) is 5.43. The highest BCUT2D eigenvalue weighted by Gasteiger charge is 2.34. The van der Waals surface area contributed by atoms with E-state index >= 15 is 0 Å². The van der Waals surface area contributed by atoms with Gasteiger partial charge in [-0.3, -0.25) is 14.7 Å². The van der Waals surface area contributed by atoms with Crippen molar-refractivity contribution in [2.75, 3.05) is 4.90 Å². The number of hydrogen-bond acceptors (Lipinski definition) is 7. The van der Waals surface area contributed by atoms with Crippen LogP contribution in [0, 0.1) is 11.3 Å². The Bertz CT molecular complexity index is 1140. The minimum atomic E-state index is -0.725. The molecule has 0 bridgehead atoms. The summed E-state index contributed by atoms with van der Waals surface area (Å²) >= 11 is 1.03. The van der Waals surface area contributed by atoms with Crippen LogP contribution in [0.15, 0.2) is 48.8 Å². The number of pyridine rings is 1. The summed E-state index contributed by atoms with van der Waals surface area (Å²) in [5.41, 5.74) is 2.70. The lowest BCUT2D eigenvalue weighted by Gasteiger charge is -2.33. The molecule has 1 saturated carbocycles. The number of nitrogens with one attached hydrogen (secondary N) is 1. The average Bonchev–Trinajstić information content (AvgIpc) is 3.32. The minimum Gasteiger partial charge on any atom is -0.351 e. The number of aromatic nitrogens is 3. The lowest BCUT2D eigenvalue weighted by molar-refractivity contribution is -0.123. The SMILES string of the molecule is CC(C)(C)c1ccc(N(c2nsc(C#N)n2)C(C(=O)NC2CCCCC2)c2cccnc2)cc1. The molecule has 7 nitrogen and oxygen atoms in total. The first kappa shape index (κ1) is 23.8. The van der Waals surface area contributed by atoms with E-state index in [9.17, 15) is 10.1 Å². The van der Waals surface area contributed by atoms with Crippen molar-refractivity contribution in [1.29, 1.82) is 5.26 Å². The molecule has 1 aromatic carbocycles. The highest BCUT2D eigenvalue weighted by atomic mass is 32.1. The molecule has 1 aliphatic rings. The molecule has 0 aliphatic heterocycles. The first-order valence-electron chi connectivity index (χ1n) is 11.7. The summed E-state index contributed by atoms with van der Waals surface area (Å²) in [6.07, 6.45) is 8.83. The first-order chi connectivity index (χ1) is 16.4. The van der Waals surface area contributed by atoms with Gasteiger partial charge in [0, 0.05) is 29.7 Å². The second-order valence-electron chi connectivity index (χ2n) is 9.71. The summed E-state index contributed by atoms with van der Waals surface area (Å²) in [5.74, 6) is 0.214. The van der Waals surface area contributed by atoms with Gasteiger partial charge in [0.2, 0.25) is 16.9 Å². The van der Waals surface area contributed by atoms with E-state index in [0.717, 1.165) is 48.5 Å². The highest BCUT2D eigenvalue weighted by molar-refractivity contribution is 7.06. The molecule has 1 fully saturated rings. The van der Waals surface area contributed by atoms with E-state index in [1.807, 2.05) is 29.2 Å². The van der Waals surface area contributed by atoms with Gasteiger partial charge >= 0.3 is 0 Å². The average molecular weight is 475 g/mol. The van der Waals surface area contributed by atoms with E-state index in [0.29, 0.717) is 5.95 Å². The standard InChI is InChI=1S/C26H30N6OS/c1-26(2,3)19-11-13-21(14-12-19)32(25-30-22(16-27)34-31-25)23(18-8-7-15-28-17-18)24(33)29-20-9-5-4-6-10-20/h7-8,11-15,17,20,23H,4-6,9-10H2,1-3H3,(H,29,33). The minimum absolute atomic E-state index is 0.00265. The number of benzene rings is 1. The molecule has 176 valence electrons. The highest BCUT2D eigenvalue weighted by Crippen LogP contribution is 2.36. The van der Waals surface area contributed by atoms with Crippen LogP contribution < -0.4 is 10.2 Å². The predicted molar refractivity (Wildman–Crippen MR) is 134 cm³/mol. The maximum Gasteiger partial charge on any atom is 0.248 e. The van der Waals surface area contributed by atoms with Crippen LogP contribution in [-0.4, -0.2) is 26.3 Å². The Balaban J connectivity index is 1.79. The van der Waals surface area contributed by atoms with Crippen LogP contribution in [-0.2, 0) is 10.2 Å². The molecule has 1 atom stereocenters. The molecule has 1 aliphatic carbocycles. The lowest BCUT2D eigenvalue weighted by Crippen LogP contribution is -2.44. The van der Waals surface area contributed by atoms with Gasteiger partial charge in [0.25, 0.3) is 0 Å². The van der Waals surface area contributed by atoms with Crippen molar-refractivity contribution >= 4 is 29.1 Å². The summed E-state index contributed by atoms with van der Waals surface area (Å²) in [6, 6.07) is 13.3. The molecule has 1 amide bonds. The largest absolute Gasteiger partial charge is 0.351 e. The van der Waals surface area contributed by atoms with E-state index in [2.05, 4.69) is 58.6 Å². The second-order valence-corrected chi connectivity index (χ2v) is 10.5. The lowest BCUT2D eigenvalue weighted by atomic mass is 9.87. The zero-order valence-corrected chi connectivity index (χ0v) is 20.7. The van der Waals surface area contributed by atoms with Crippen molar-refractivity contribution in [2.24, 2.45) is 0 Å². The zero-order chi connectivity index (χ0) is 24.1. The summed E-state index contributed by atoms with van der Waals surface area (Å²) in [7, 11) is 0. The van der Waals surface area contributed by atoms with Crippen LogP contribution in [0.5, 0.6) is 0 Å². The molecule has 0 saturated heterocycles. The van der Waals surface area contributed by atoms with Crippen molar-refractivity contribution in [3.05, 3.63) is 64.9 Å². The molecule has 1 unspecified atom stereocenters. The van der Waals surface area contributed by atoms with Gasteiger partial charge in [-0.15, -0.1) is 0 Å². The smallest absolute Gasteiger partial charge is 0.248 e. The zero-order valence-electron chi connectivity index (χ0n) is 19.9. The Morgan fingerprint density at radius 2 is 1.91 bits per heavy atom. The fourth-order valence-electron chi connectivity index (χ4n) is 4.34. The van der Waals surface area contributed by atoms with Crippen molar-refractivity contribution in [3.63, 3.8) is 0 Å². The monoisotopic (exact) mass is 474 g/mol. The quantitative estimate of drug-likeness (QED) is 0.512. The topological polar surface area (TPSA) is 94.8 Å². The molecular formula is C26H30N6OS. The van der Waals surface area contributed by atoms with Gasteiger partial charge in [-0.1, -0.05) is 58.2 Å². The summed E-state index contributed by atoms with van der Waals surface area (Å²) in [6.45, 7) is 6.49. The number of nitriles is 1. The third kappa shape index (κ3) is 5.42. The van der Waals surface area contributed by atoms with Gasteiger partial charge in [0.05, 0.1) is 0 Å². The fourth-order valence-corrected chi connectivity index (χ4v) is 4.80. The van der Waals surface area contributed by atoms with Gasteiger partial charge in [-0.25, -0.2) is 0 Å². The van der Waals surface area contributed by atoms with Crippen molar-refractivity contribution < 1.29 is 4.79 Å². The Hall–Kier alpha value is -3.31. The molecule has 8 heteroatoms. The van der Waals surface area contributed by atoms with Crippen LogP contribution >= 0.6 is 11.5 Å². The van der Waals surface area contributed by atoms with E-state index in [1.165, 1.54) is 12.0 Å². The third-order valence-corrected chi connectivity index (χ3v) is 6.81. The Labute approximate surface area is 205 Å². The Morgan fingerprint density at radius 1 is 1.18 bits per heavy atom. The summed E-state index contributed by atoms with van der Waals surface area (Å²) < 4.78 is 4.44. The van der Waals surface area contributed by atoms with Gasteiger partial charge < -0.3 is 5.32 Å². The molecule has 2 heterocycles. The van der Waals surface area contributed by atoms with Crippen LogP contribution in [0.25, 0.3) is 0 Å². The molecule has 4 rings (SSSR count). The Kier molecular flexibility index (Phi) is 7.23. The number of amides is 1. The molecule has 3 aromatic rings. The number of rotatable bonds is 6. The number of carbonyl (C=O) groups excluding carboxylic acids is 1. The number of hydrogen-bond donors (Lipinski definition) is 1. The van der Waals surface area contributed by atoms with Gasteiger partial charge in [0.15, 0.2) is 0 Å². The Morgan fingerprint density at radius 3 is 2.50 bits per heavy atom. The fraction of sp³-hybridized carbons (Fsp3) is 0.423. The van der Waals surface area contributed by atoms with Gasteiger partial charge in [-0.2, -0.15) is 14.6 Å². The normalized spacial score (nSPS) is 15.4. The van der Waals surface area contributed by atoms with Crippen molar-refractivity contribution in [2.45, 2.75) is 70.4 Å². The van der Waals surface area contributed by atoms with Crippen LogP contribution in [0.2, 0.25) is 0 Å². The van der Waals surface area contributed by atoms with Crippen LogP contribution in [0.4, 0.5) is 11.6 Å². The van der Waals surface area contributed by atoms with Gasteiger partial charge in [-0.05, 0) is 53.6 Å². The van der Waals surface area contributed by atoms with Crippen molar-refractivity contribution in [1.82, 2.24) is 19.7 Å².